The molecule has 0 radical (unpaired) electrons. The predicted molar refractivity (Wildman–Crippen MR) is 56.3 cm³/mol. The van der Waals surface area contributed by atoms with Crippen molar-refractivity contribution in [3.05, 3.63) is 18.2 Å². The highest BCUT2D eigenvalue weighted by atomic mass is 16.4. The third kappa shape index (κ3) is 4.12. The van der Waals surface area contributed by atoms with Gasteiger partial charge in [-0.25, -0.2) is 4.98 Å². The van der Waals surface area contributed by atoms with E-state index in [1.165, 1.54) is 0 Å². The molecule has 0 aliphatic rings. The van der Waals surface area contributed by atoms with Crippen LogP contribution in [0, 0.1) is 5.92 Å². The molecule has 0 saturated carbocycles. The third-order valence-electron chi connectivity index (χ3n) is 2.08. The van der Waals surface area contributed by atoms with Crippen LogP contribution in [-0.4, -0.2) is 27.1 Å². The van der Waals surface area contributed by atoms with E-state index in [2.05, 4.69) is 15.3 Å². The Hall–Kier alpha value is -1.36. The van der Waals surface area contributed by atoms with Gasteiger partial charge in [-0.05, 0) is 12.3 Å². The Morgan fingerprint density at radius 2 is 2.40 bits per heavy atom. The molecule has 0 aromatic carbocycles. The number of nitrogens with one attached hydrogen (secondary N) is 2. The minimum atomic E-state index is -0.810. The number of carboxylic acids is 1. The molecule has 0 spiro atoms. The van der Waals surface area contributed by atoms with E-state index >= 15 is 0 Å². The lowest BCUT2D eigenvalue weighted by atomic mass is 10.0. The molecule has 0 amide bonds. The average molecular weight is 211 g/mol. The van der Waals surface area contributed by atoms with Crippen LogP contribution in [0.1, 0.15) is 26.1 Å². The summed E-state index contributed by atoms with van der Waals surface area (Å²) in [6.45, 7) is 4.46. The first-order chi connectivity index (χ1) is 7.09. The largest absolute Gasteiger partial charge is 0.480 e. The van der Waals surface area contributed by atoms with Gasteiger partial charge in [0.15, 0.2) is 0 Å². The van der Waals surface area contributed by atoms with Gasteiger partial charge in [-0.15, -0.1) is 0 Å². The average Bonchev–Trinajstić information content (AvgIpc) is 2.63. The lowest BCUT2D eigenvalue weighted by Crippen LogP contribution is -2.37. The summed E-state index contributed by atoms with van der Waals surface area (Å²) in [5, 5.41) is 11.9. The molecule has 0 aliphatic carbocycles. The lowest BCUT2D eigenvalue weighted by molar-refractivity contribution is -0.140. The Bertz CT molecular complexity index is 296. The van der Waals surface area contributed by atoms with Crippen LogP contribution in [0.25, 0.3) is 0 Å². The van der Waals surface area contributed by atoms with Gasteiger partial charge in [0.1, 0.15) is 11.9 Å². The van der Waals surface area contributed by atoms with Crippen molar-refractivity contribution in [3.63, 3.8) is 0 Å². The Labute approximate surface area is 88.9 Å². The fraction of sp³-hybridized carbons (Fsp3) is 0.600. The second kappa shape index (κ2) is 5.50. The molecule has 0 saturated heterocycles. The van der Waals surface area contributed by atoms with Crippen LogP contribution in [-0.2, 0) is 11.3 Å². The molecule has 0 bridgehead atoms. The molecule has 1 aromatic heterocycles. The molecule has 0 fully saturated rings. The first kappa shape index (κ1) is 11.7. The minimum absolute atomic E-state index is 0.357. The van der Waals surface area contributed by atoms with E-state index in [0.717, 1.165) is 5.82 Å². The van der Waals surface area contributed by atoms with Crippen molar-refractivity contribution in [1.82, 2.24) is 15.3 Å². The SMILES string of the molecule is CC(C)CC(NCc1ncc[nH]1)C(=O)O. The fourth-order valence-electron chi connectivity index (χ4n) is 1.36. The van der Waals surface area contributed by atoms with E-state index in [4.69, 9.17) is 5.11 Å². The number of imidazole rings is 1. The quantitative estimate of drug-likeness (QED) is 0.656. The van der Waals surface area contributed by atoms with Gasteiger partial charge in [0.05, 0.1) is 6.54 Å². The topological polar surface area (TPSA) is 78.0 Å². The molecular weight excluding hydrogens is 194 g/mol. The number of hydrogen-bond acceptors (Lipinski definition) is 3. The number of aromatic amines is 1. The lowest BCUT2D eigenvalue weighted by Gasteiger charge is -2.15. The molecule has 1 unspecified atom stereocenters. The van der Waals surface area contributed by atoms with E-state index in [0.29, 0.717) is 18.9 Å². The number of aromatic nitrogens is 2. The zero-order valence-corrected chi connectivity index (χ0v) is 9.03. The Kier molecular flexibility index (Phi) is 4.30. The van der Waals surface area contributed by atoms with E-state index in [-0.39, 0.29) is 0 Å². The van der Waals surface area contributed by atoms with Crippen LogP contribution in [0.15, 0.2) is 12.4 Å². The first-order valence-electron chi connectivity index (χ1n) is 5.04. The maximum absolute atomic E-state index is 10.9. The fourth-order valence-corrected chi connectivity index (χ4v) is 1.36. The molecule has 1 heterocycles. The highest BCUT2D eigenvalue weighted by molar-refractivity contribution is 5.73. The van der Waals surface area contributed by atoms with Crippen molar-refractivity contribution in [2.24, 2.45) is 5.92 Å². The molecule has 3 N–H and O–H groups in total. The van der Waals surface area contributed by atoms with Crippen LogP contribution in [0.5, 0.6) is 0 Å². The number of nitrogens with zero attached hydrogens (tertiary/aromatic N) is 1. The second-order valence-electron chi connectivity index (χ2n) is 3.94. The Morgan fingerprint density at radius 3 is 2.87 bits per heavy atom. The van der Waals surface area contributed by atoms with Gasteiger partial charge < -0.3 is 10.1 Å². The molecule has 5 nitrogen and oxygen atoms in total. The monoisotopic (exact) mass is 211 g/mol. The summed E-state index contributed by atoms with van der Waals surface area (Å²) in [4.78, 5) is 17.8. The van der Waals surface area contributed by atoms with E-state index in [9.17, 15) is 4.79 Å². The molecular formula is C10H17N3O2. The van der Waals surface area contributed by atoms with Gasteiger partial charge in [-0.3, -0.25) is 10.1 Å². The molecule has 1 rings (SSSR count). The predicted octanol–water partition coefficient (Wildman–Crippen LogP) is 0.999. The number of rotatable bonds is 6. The van der Waals surface area contributed by atoms with Crippen molar-refractivity contribution < 1.29 is 9.90 Å². The molecule has 84 valence electrons. The van der Waals surface area contributed by atoms with Crippen LogP contribution in [0.4, 0.5) is 0 Å². The summed E-state index contributed by atoms with van der Waals surface area (Å²) < 4.78 is 0. The number of hydrogen-bond donors (Lipinski definition) is 3. The number of H-pyrrole nitrogens is 1. The van der Waals surface area contributed by atoms with Crippen molar-refractivity contribution in [2.45, 2.75) is 32.9 Å². The molecule has 15 heavy (non-hydrogen) atoms. The van der Waals surface area contributed by atoms with E-state index < -0.39 is 12.0 Å². The maximum Gasteiger partial charge on any atom is 0.320 e. The van der Waals surface area contributed by atoms with Crippen LogP contribution in [0.3, 0.4) is 0 Å². The third-order valence-corrected chi connectivity index (χ3v) is 2.08. The number of aliphatic carboxylic acids is 1. The molecule has 1 aromatic rings. The van der Waals surface area contributed by atoms with E-state index in [1.807, 2.05) is 13.8 Å². The molecule has 0 aliphatic heterocycles. The van der Waals surface area contributed by atoms with Gasteiger partial charge in [-0.1, -0.05) is 13.8 Å². The summed E-state index contributed by atoms with van der Waals surface area (Å²) >= 11 is 0. The van der Waals surface area contributed by atoms with Gasteiger partial charge in [0.25, 0.3) is 0 Å². The summed E-state index contributed by atoms with van der Waals surface area (Å²) in [5.74, 6) is 0.301. The summed E-state index contributed by atoms with van der Waals surface area (Å²) in [5.41, 5.74) is 0. The Balaban J connectivity index is 2.41. The summed E-state index contributed by atoms with van der Waals surface area (Å²) in [7, 11) is 0. The van der Waals surface area contributed by atoms with Crippen LogP contribution < -0.4 is 5.32 Å². The van der Waals surface area contributed by atoms with Crippen LogP contribution in [0.2, 0.25) is 0 Å². The van der Waals surface area contributed by atoms with Crippen molar-refractivity contribution in [1.29, 1.82) is 0 Å². The molecule has 1 atom stereocenters. The molecule has 5 heteroatoms. The standard InChI is InChI=1S/C10H17N3O2/c1-7(2)5-8(10(14)15)13-6-9-11-3-4-12-9/h3-4,7-8,13H,5-6H2,1-2H3,(H,11,12)(H,14,15). The van der Waals surface area contributed by atoms with E-state index in [1.54, 1.807) is 12.4 Å². The van der Waals surface area contributed by atoms with Crippen molar-refractivity contribution in [3.8, 4) is 0 Å². The maximum atomic E-state index is 10.9. The number of carboxylic acid groups (broad SMARTS) is 1. The highest BCUT2D eigenvalue weighted by Gasteiger charge is 2.18. The van der Waals surface area contributed by atoms with Crippen LogP contribution >= 0.6 is 0 Å². The van der Waals surface area contributed by atoms with Gasteiger partial charge in [0.2, 0.25) is 0 Å². The highest BCUT2D eigenvalue weighted by Crippen LogP contribution is 2.05. The zero-order chi connectivity index (χ0) is 11.3. The van der Waals surface area contributed by atoms with Gasteiger partial charge >= 0.3 is 5.97 Å². The van der Waals surface area contributed by atoms with Gasteiger partial charge in [-0.2, -0.15) is 0 Å². The Morgan fingerprint density at radius 1 is 1.67 bits per heavy atom. The van der Waals surface area contributed by atoms with Gasteiger partial charge in [0, 0.05) is 12.4 Å². The summed E-state index contributed by atoms with van der Waals surface area (Å²) in [6, 6.07) is -0.505. The zero-order valence-electron chi connectivity index (χ0n) is 9.03. The first-order valence-corrected chi connectivity index (χ1v) is 5.04. The number of carbonyl (C=O) groups is 1. The smallest absolute Gasteiger partial charge is 0.320 e. The minimum Gasteiger partial charge on any atom is -0.480 e. The van der Waals surface area contributed by atoms with Crippen molar-refractivity contribution >= 4 is 5.97 Å². The van der Waals surface area contributed by atoms with Crippen molar-refractivity contribution in [2.75, 3.05) is 0 Å². The summed E-state index contributed by atoms with van der Waals surface area (Å²) in [6.07, 6.45) is 3.99. The second-order valence-corrected chi connectivity index (χ2v) is 3.94. The normalized spacial score (nSPS) is 13.0.